The van der Waals surface area contributed by atoms with Crippen LogP contribution in [0.2, 0.25) is 10.0 Å². The molecule has 0 unspecified atom stereocenters. The Morgan fingerprint density at radius 2 is 1.50 bits per heavy atom. The number of carbonyl (C=O) groups excluding carboxylic acids is 1. The van der Waals surface area contributed by atoms with E-state index in [-0.39, 0.29) is 10.7 Å². The summed E-state index contributed by atoms with van der Waals surface area (Å²) in [7, 11) is 0. The zero-order chi connectivity index (χ0) is 16.3. The second-order valence-corrected chi connectivity index (χ2v) is 5.15. The largest absolute Gasteiger partial charge is 0.418 e. The molecular formula is C14H9Cl2F3N2O. The van der Waals surface area contributed by atoms with Gasteiger partial charge in [0.15, 0.2) is 0 Å². The van der Waals surface area contributed by atoms with Crippen molar-refractivity contribution in [3.8, 4) is 0 Å². The van der Waals surface area contributed by atoms with Crippen LogP contribution in [0, 0.1) is 0 Å². The monoisotopic (exact) mass is 348 g/mol. The number of hydrogen-bond donors (Lipinski definition) is 2. The average Bonchev–Trinajstić information content (AvgIpc) is 2.42. The molecule has 0 aliphatic heterocycles. The number of carbonyl (C=O) groups is 1. The van der Waals surface area contributed by atoms with E-state index in [4.69, 9.17) is 23.2 Å². The van der Waals surface area contributed by atoms with Crippen LogP contribution in [0.1, 0.15) is 5.56 Å². The van der Waals surface area contributed by atoms with Crippen molar-refractivity contribution in [2.75, 3.05) is 10.6 Å². The Labute approximate surface area is 134 Å². The van der Waals surface area contributed by atoms with E-state index >= 15 is 0 Å². The molecule has 2 amide bonds. The van der Waals surface area contributed by atoms with Crippen LogP contribution in [0.4, 0.5) is 29.3 Å². The smallest absolute Gasteiger partial charge is 0.308 e. The van der Waals surface area contributed by atoms with Crippen LogP contribution in [-0.4, -0.2) is 6.03 Å². The number of nitrogens with one attached hydrogen (secondary N) is 2. The van der Waals surface area contributed by atoms with Crippen LogP contribution in [0.25, 0.3) is 0 Å². The van der Waals surface area contributed by atoms with Gasteiger partial charge in [-0.1, -0.05) is 23.2 Å². The Morgan fingerprint density at radius 3 is 2.09 bits per heavy atom. The van der Waals surface area contributed by atoms with E-state index in [9.17, 15) is 18.0 Å². The first-order valence-electron chi connectivity index (χ1n) is 5.96. The van der Waals surface area contributed by atoms with Gasteiger partial charge in [0, 0.05) is 15.7 Å². The number of rotatable bonds is 2. The summed E-state index contributed by atoms with van der Waals surface area (Å²) in [6, 6.07) is 8.42. The number of halogens is 5. The highest BCUT2D eigenvalue weighted by Gasteiger charge is 2.34. The summed E-state index contributed by atoms with van der Waals surface area (Å²) in [6.45, 7) is 0. The number of amides is 2. The molecule has 0 aliphatic carbocycles. The zero-order valence-corrected chi connectivity index (χ0v) is 12.4. The Hall–Kier alpha value is -1.92. The second kappa shape index (κ2) is 6.46. The molecule has 0 spiro atoms. The number of urea groups is 1. The maximum Gasteiger partial charge on any atom is 0.418 e. The normalized spacial score (nSPS) is 11.1. The molecule has 0 atom stereocenters. The summed E-state index contributed by atoms with van der Waals surface area (Å²) in [5.41, 5.74) is -1.01. The molecule has 0 aliphatic rings. The average molecular weight is 349 g/mol. The number of hydrogen-bond acceptors (Lipinski definition) is 1. The van der Waals surface area contributed by atoms with Gasteiger partial charge in [0.1, 0.15) is 0 Å². The van der Waals surface area contributed by atoms with Gasteiger partial charge in [-0.05, 0) is 42.5 Å². The van der Waals surface area contributed by atoms with Gasteiger partial charge < -0.3 is 10.6 Å². The first kappa shape index (κ1) is 16.5. The van der Waals surface area contributed by atoms with Gasteiger partial charge in [0.2, 0.25) is 0 Å². The van der Waals surface area contributed by atoms with E-state index in [2.05, 4.69) is 10.6 Å². The summed E-state index contributed by atoms with van der Waals surface area (Å²) in [6.07, 6.45) is -4.63. The van der Waals surface area contributed by atoms with Gasteiger partial charge in [-0.3, -0.25) is 0 Å². The molecule has 2 N–H and O–H groups in total. The third-order valence-electron chi connectivity index (χ3n) is 2.64. The first-order valence-corrected chi connectivity index (χ1v) is 6.71. The van der Waals surface area contributed by atoms with Crippen molar-refractivity contribution in [1.82, 2.24) is 0 Å². The maximum atomic E-state index is 12.9. The topological polar surface area (TPSA) is 41.1 Å². The minimum absolute atomic E-state index is 0.0732. The van der Waals surface area contributed by atoms with Crippen molar-refractivity contribution in [1.29, 1.82) is 0 Å². The molecule has 116 valence electrons. The minimum Gasteiger partial charge on any atom is -0.308 e. The molecule has 0 saturated carbocycles. The Kier molecular flexibility index (Phi) is 4.83. The molecule has 0 radical (unpaired) electrons. The lowest BCUT2D eigenvalue weighted by atomic mass is 10.1. The maximum absolute atomic E-state index is 12.9. The Morgan fingerprint density at radius 1 is 0.909 bits per heavy atom. The molecule has 3 nitrogen and oxygen atoms in total. The summed E-state index contributed by atoms with van der Waals surface area (Å²) in [4.78, 5) is 11.8. The summed E-state index contributed by atoms with van der Waals surface area (Å²) >= 11 is 11.3. The van der Waals surface area contributed by atoms with E-state index in [0.717, 1.165) is 12.1 Å². The lowest BCUT2D eigenvalue weighted by molar-refractivity contribution is -0.136. The number of anilines is 2. The van der Waals surface area contributed by atoms with Crippen LogP contribution >= 0.6 is 23.2 Å². The standard InChI is InChI=1S/C14H9Cl2F3N2O/c15-8-1-4-10(5-2-8)20-13(22)21-12-6-3-9(16)7-11(12)14(17,18)19/h1-7H,(H2,20,21,22). The van der Waals surface area contributed by atoms with Crippen LogP contribution in [0.3, 0.4) is 0 Å². The van der Waals surface area contributed by atoms with Gasteiger partial charge in [0.05, 0.1) is 11.3 Å². The Bertz CT molecular complexity index is 687. The van der Waals surface area contributed by atoms with Gasteiger partial charge in [-0.15, -0.1) is 0 Å². The first-order chi connectivity index (χ1) is 10.3. The van der Waals surface area contributed by atoms with Crippen LogP contribution in [0.5, 0.6) is 0 Å². The molecule has 0 heterocycles. The van der Waals surface area contributed by atoms with Gasteiger partial charge in [-0.2, -0.15) is 13.2 Å². The van der Waals surface area contributed by atoms with Crippen molar-refractivity contribution in [3.05, 3.63) is 58.1 Å². The fraction of sp³-hybridized carbons (Fsp3) is 0.0714. The second-order valence-electron chi connectivity index (χ2n) is 4.27. The fourth-order valence-corrected chi connectivity index (χ4v) is 1.98. The van der Waals surface area contributed by atoms with Crippen molar-refractivity contribution in [3.63, 3.8) is 0 Å². The summed E-state index contributed by atoms with van der Waals surface area (Å²) in [5, 5.41) is 4.95. The Balaban J connectivity index is 2.16. The number of benzene rings is 2. The highest BCUT2D eigenvalue weighted by molar-refractivity contribution is 6.31. The zero-order valence-electron chi connectivity index (χ0n) is 10.8. The lowest BCUT2D eigenvalue weighted by Gasteiger charge is -2.14. The summed E-state index contributed by atoms with van der Waals surface area (Å²) < 4.78 is 38.7. The van der Waals surface area contributed by atoms with Crippen molar-refractivity contribution >= 4 is 40.6 Å². The molecule has 2 rings (SSSR count). The molecule has 2 aromatic rings. The third-order valence-corrected chi connectivity index (χ3v) is 3.12. The third kappa shape index (κ3) is 4.29. The van der Waals surface area contributed by atoms with Crippen LogP contribution < -0.4 is 10.6 Å². The quantitative estimate of drug-likeness (QED) is 0.722. The predicted octanol–water partition coefficient (Wildman–Crippen LogP) is 5.66. The van der Waals surface area contributed by atoms with Crippen LogP contribution in [0.15, 0.2) is 42.5 Å². The molecule has 2 aromatic carbocycles. The highest BCUT2D eigenvalue weighted by Crippen LogP contribution is 2.36. The van der Waals surface area contributed by atoms with Crippen molar-refractivity contribution in [2.24, 2.45) is 0 Å². The SMILES string of the molecule is O=C(Nc1ccc(Cl)cc1)Nc1ccc(Cl)cc1C(F)(F)F. The summed E-state index contributed by atoms with van der Waals surface area (Å²) in [5.74, 6) is 0. The van der Waals surface area contributed by atoms with Gasteiger partial charge >= 0.3 is 12.2 Å². The van der Waals surface area contributed by atoms with Crippen molar-refractivity contribution in [2.45, 2.75) is 6.18 Å². The van der Waals surface area contributed by atoms with E-state index in [1.807, 2.05) is 0 Å². The molecule has 22 heavy (non-hydrogen) atoms. The van der Waals surface area contributed by atoms with Crippen LogP contribution in [-0.2, 0) is 6.18 Å². The van der Waals surface area contributed by atoms with E-state index in [0.29, 0.717) is 10.7 Å². The fourth-order valence-electron chi connectivity index (χ4n) is 1.68. The van der Waals surface area contributed by atoms with E-state index < -0.39 is 17.8 Å². The van der Waals surface area contributed by atoms with Gasteiger partial charge in [0.25, 0.3) is 0 Å². The molecule has 0 bridgehead atoms. The molecule has 0 saturated heterocycles. The highest BCUT2D eigenvalue weighted by atomic mass is 35.5. The predicted molar refractivity (Wildman–Crippen MR) is 80.5 cm³/mol. The van der Waals surface area contributed by atoms with E-state index in [1.54, 1.807) is 12.1 Å². The molecule has 8 heteroatoms. The molecular weight excluding hydrogens is 340 g/mol. The minimum atomic E-state index is -4.63. The lowest BCUT2D eigenvalue weighted by Crippen LogP contribution is -2.21. The van der Waals surface area contributed by atoms with Gasteiger partial charge in [-0.25, -0.2) is 4.79 Å². The molecule has 0 aromatic heterocycles. The number of alkyl halides is 3. The van der Waals surface area contributed by atoms with E-state index in [1.165, 1.54) is 18.2 Å². The molecule has 0 fully saturated rings. The van der Waals surface area contributed by atoms with Crippen molar-refractivity contribution < 1.29 is 18.0 Å².